The molecule has 0 N–H and O–H groups in total. The van der Waals surface area contributed by atoms with Gasteiger partial charge < -0.3 is 4.57 Å². The van der Waals surface area contributed by atoms with Crippen LogP contribution in [0, 0.1) is 0 Å². The Bertz CT molecular complexity index is 3390. The van der Waals surface area contributed by atoms with E-state index in [1.165, 1.54) is 53.1 Å². The van der Waals surface area contributed by atoms with E-state index in [-0.39, 0.29) is 5.56 Å². The molecule has 0 aliphatic rings. The lowest BCUT2D eigenvalue weighted by molar-refractivity contribution is 1.17. The van der Waals surface area contributed by atoms with Crippen LogP contribution in [0.1, 0.15) is 11.1 Å². The summed E-state index contributed by atoms with van der Waals surface area (Å²) in [5, 5.41) is 8.21. The van der Waals surface area contributed by atoms with Crippen molar-refractivity contribution in [1.82, 2.24) is 8.97 Å². The van der Waals surface area contributed by atoms with Gasteiger partial charge >= 0.3 is 0 Å². The Balaban J connectivity index is 1.04. The third-order valence-electron chi connectivity index (χ3n) is 11.1. The molecule has 53 heavy (non-hydrogen) atoms. The van der Waals surface area contributed by atoms with Crippen molar-refractivity contribution in [2.45, 2.75) is 0 Å². The first-order valence-corrected chi connectivity index (χ1v) is 18.6. The van der Waals surface area contributed by atoms with Crippen molar-refractivity contribution in [3.63, 3.8) is 0 Å². The fraction of sp³-hybridized carbons (Fsp3) is 0. The molecule has 0 amide bonds. The number of hydrogen-bond donors (Lipinski definition) is 0. The highest BCUT2D eigenvalue weighted by Gasteiger charge is 2.20. The Hall–Kier alpha value is -6.75. The lowest BCUT2D eigenvalue weighted by Crippen LogP contribution is -2.17. The van der Waals surface area contributed by atoms with Crippen molar-refractivity contribution in [2.75, 3.05) is 0 Å². The second-order valence-electron chi connectivity index (χ2n) is 13.7. The molecule has 4 heterocycles. The molecule has 3 nitrogen and oxygen atoms in total. The van der Waals surface area contributed by atoms with Gasteiger partial charge in [0.05, 0.1) is 22.1 Å². The predicted octanol–water partition coefficient (Wildman–Crippen LogP) is 13.1. The van der Waals surface area contributed by atoms with E-state index in [2.05, 4.69) is 163 Å². The highest BCUT2D eigenvalue weighted by molar-refractivity contribution is 7.26. The van der Waals surface area contributed by atoms with Gasteiger partial charge in [0.15, 0.2) is 0 Å². The lowest BCUT2D eigenvalue weighted by Gasteiger charge is -2.10. The van der Waals surface area contributed by atoms with Gasteiger partial charge in [0.1, 0.15) is 0 Å². The molecule has 0 saturated carbocycles. The van der Waals surface area contributed by atoms with Crippen molar-refractivity contribution in [1.29, 1.82) is 0 Å². The first kappa shape index (κ1) is 29.9. The first-order valence-electron chi connectivity index (χ1n) is 17.8. The Morgan fingerprint density at radius 2 is 1.11 bits per heavy atom. The second-order valence-corrected chi connectivity index (χ2v) is 14.8. The third-order valence-corrected chi connectivity index (χ3v) is 12.3. The van der Waals surface area contributed by atoms with E-state index in [4.69, 9.17) is 0 Å². The van der Waals surface area contributed by atoms with Crippen molar-refractivity contribution in [3.05, 3.63) is 180 Å². The Morgan fingerprint density at radius 1 is 0.491 bits per heavy atom. The van der Waals surface area contributed by atoms with Crippen molar-refractivity contribution < 1.29 is 0 Å². The van der Waals surface area contributed by atoms with Crippen LogP contribution in [0.4, 0.5) is 0 Å². The highest BCUT2D eigenvalue weighted by Crippen LogP contribution is 2.42. The van der Waals surface area contributed by atoms with Crippen LogP contribution >= 0.6 is 11.3 Å². The van der Waals surface area contributed by atoms with Crippen LogP contribution in [-0.4, -0.2) is 8.97 Å². The van der Waals surface area contributed by atoms with Crippen molar-refractivity contribution in [2.24, 2.45) is 0 Å². The van der Waals surface area contributed by atoms with E-state index in [0.29, 0.717) is 5.56 Å². The molecule has 0 aliphatic heterocycles. The van der Waals surface area contributed by atoms with Gasteiger partial charge in [-0.15, -0.1) is 11.3 Å². The van der Waals surface area contributed by atoms with Gasteiger partial charge in [-0.3, -0.25) is 9.20 Å². The molecule has 0 spiro atoms. The minimum absolute atomic E-state index is 0.0684. The zero-order valence-corrected chi connectivity index (χ0v) is 29.5. The van der Waals surface area contributed by atoms with Crippen LogP contribution in [-0.2, 0) is 0 Å². The number of benzene rings is 7. The molecular weight excluding hydrogens is 665 g/mol. The smallest absolute Gasteiger partial charge is 0.263 e. The molecule has 11 rings (SSSR count). The third kappa shape index (κ3) is 4.12. The number of fused-ring (bicyclic) bond motifs is 9. The number of nitrogens with zero attached hydrogens (tertiary/aromatic N) is 2. The van der Waals surface area contributed by atoms with E-state index in [9.17, 15) is 4.79 Å². The summed E-state index contributed by atoms with van der Waals surface area (Å²) >= 11 is 1.87. The SMILES string of the molecule is C=Cc1c(C=C)c2cccc3c4cc(-c5ccc(-n6c7ccccc7c7cc(-c8cccc9c8sc8ccccc89)ccc76)cc5)ccc4n(c1=O)c23. The maximum absolute atomic E-state index is 13.7. The summed E-state index contributed by atoms with van der Waals surface area (Å²) in [6, 6.07) is 52.5. The molecule has 0 bridgehead atoms. The molecule has 4 heteroatoms. The van der Waals surface area contributed by atoms with E-state index >= 15 is 0 Å². The van der Waals surface area contributed by atoms with Crippen LogP contribution in [0.25, 0.3) is 109 Å². The summed E-state index contributed by atoms with van der Waals surface area (Å²) in [5.41, 5.74) is 11.3. The topological polar surface area (TPSA) is 26.4 Å². The molecule has 0 radical (unpaired) electrons. The van der Waals surface area contributed by atoms with Gasteiger partial charge in [0, 0.05) is 58.4 Å². The molecule has 0 saturated heterocycles. The Kier molecular flexibility index (Phi) is 6.28. The molecule has 0 atom stereocenters. The minimum atomic E-state index is -0.0684. The first-order chi connectivity index (χ1) is 26.1. The van der Waals surface area contributed by atoms with Crippen LogP contribution in [0.2, 0.25) is 0 Å². The molecule has 248 valence electrons. The monoisotopic (exact) mass is 694 g/mol. The maximum Gasteiger partial charge on any atom is 0.263 e. The molecule has 0 unspecified atom stereocenters. The Morgan fingerprint density at radius 3 is 1.96 bits per heavy atom. The molecule has 0 aliphatic carbocycles. The van der Waals surface area contributed by atoms with E-state index in [1.807, 2.05) is 15.7 Å². The summed E-state index contributed by atoms with van der Waals surface area (Å²) in [5.74, 6) is 0. The molecule has 0 fully saturated rings. The van der Waals surface area contributed by atoms with Crippen LogP contribution < -0.4 is 5.56 Å². The number of thiophene rings is 1. The molecule has 11 aromatic rings. The highest BCUT2D eigenvalue weighted by atomic mass is 32.1. The normalized spacial score (nSPS) is 12.0. The maximum atomic E-state index is 13.7. The van der Waals surface area contributed by atoms with E-state index in [1.54, 1.807) is 12.2 Å². The zero-order valence-electron chi connectivity index (χ0n) is 28.6. The van der Waals surface area contributed by atoms with Gasteiger partial charge in [-0.25, -0.2) is 0 Å². The summed E-state index contributed by atoms with van der Waals surface area (Å²) in [7, 11) is 0. The standard InChI is InChI=1S/C49H30N2OS/c1-3-33-34(4-2)49(52)51-45-25-21-30(27-42(45)39-15-10-14-38(33)47(39)51)29-19-23-32(24-20-29)50-43-17-7-5-11-36(43)41-28-31(22-26-44(41)50)35-13-9-16-40-37-12-6-8-18-46(37)53-48(35)40/h3-28H,1-2H2. The number of rotatable bonds is 5. The molecule has 7 aromatic carbocycles. The number of pyridine rings is 1. The fourth-order valence-corrected chi connectivity index (χ4v) is 9.91. The van der Waals surface area contributed by atoms with Crippen molar-refractivity contribution >= 4 is 92.7 Å². The number of para-hydroxylation sites is 2. The average Bonchev–Trinajstić information content (AvgIpc) is 3.87. The number of hydrogen-bond acceptors (Lipinski definition) is 2. The van der Waals surface area contributed by atoms with Crippen LogP contribution in [0.3, 0.4) is 0 Å². The average molecular weight is 695 g/mol. The summed E-state index contributed by atoms with van der Waals surface area (Å²) in [6.07, 6.45) is 3.41. The van der Waals surface area contributed by atoms with Crippen molar-refractivity contribution in [3.8, 4) is 27.9 Å². The van der Waals surface area contributed by atoms with Crippen LogP contribution in [0.15, 0.2) is 164 Å². The summed E-state index contributed by atoms with van der Waals surface area (Å²) in [4.78, 5) is 13.7. The van der Waals surface area contributed by atoms with Gasteiger partial charge in [-0.2, -0.15) is 0 Å². The largest absolute Gasteiger partial charge is 0.309 e. The summed E-state index contributed by atoms with van der Waals surface area (Å²) in [6.45, 7) is 7.95. The fourth-order valence-electron chi connectivity index (χ4n) is 8.67. The number of aromatic nitrogens is 2. The van der Waals surface area contributed by atoms with E-state index < -0.39 is 0 Å². The van der Waals surface area contributed by atoms with Gasteiger partial charge in [0.25, 0.3) is 5.56 Å². The summed E-state index contributed by atoms with van der Waals surface area (Å²) < 4.78 is 6.86. The molecule has 4 aromatic heterocycles. The Labute approximate surface area is 308 Å². The van der Waals surface area contributed by atoms with E-state index in [0.717, 1.165) is 49.6 Å². The predicted molar refractivity (Wildman–Crippen MR) is 228 cm³/mol. The van der Waals surface area contributed by atoms with Gasteiger partial charge in [0.2, 0.25) is 0 Å². The van der Waals surface area contributed by atoms with Gasteiger partial charge in [-0.05, 0) is 76.3 Å². The molecular formula is C49H30N2OS. The van der Waals surface area contributed by atoms with Gasteiger partial charge in [-0.1, -0.05) is 122 Å². The lowest BCUT2D eigenvalue weighted by atomic mass is 10.0. The minimum Gasteiger partial charge on any atom is -0.309 e. The van der Waals surface area contributed by atoms with Crippen LogP contribution in [0.5, 0.6) is 0 Å². The zero-order chi connectivity index (χ0) is 35.4. The quantitative estimate of drug-likeness (QED) is 0.176. The second kappa shape index (κ2) is 11.1.